The molecule has 0 aliphatic rings. The number of rotatable bonds is 1. The van der Waals surface area contributed by atoms with E-state index in [1.807, 2.05) is 0 Å². The zero-order valence-electron chi connectivity index (χ0n) is 6.72. The van der Waals surface area contributed by atoms with Crippen LogP contribution >= 0.6 is 0 Å². The third-order valence-electron chi connectivity index (χ3n) is 1.54. The van der Waals surface area contributed by atoms with Gasteiger partial charge in [0.25, 0.3) is 0 Å². The van der Waals surface area contributed by atoms with Gasteiger partial charge in [0.2, 0.25) is 5.82 Å². The first-order valence-corrected chi connectivity index (χ1v) is 3.36. The Kier molecular flexibility index (Phi) is 2.64. The van der Waals surface area contributed by atoms with Crippen LogP contribution in [0.25, 0.3) is 0 Å². The average Bonchev–Trinajstić information content (AvgIpc) is 2.09. The fourth-order valence-corrected chi connectivity index (χ4v) is 0.898. The second-order valence-electron chi connectivity index (χ2n) is 2.57. The van der Waals surface area contributed by atoms with Gasteiger partial charge in [0, 0.05) is 0 Å². The van der Waals surface area contributed by atoms with Crippen LogP contribution in [-0.4, -0.2) is 0 Å². The van der Waals surface area contributed by atoms with Crippen LogP contribution in [0.1, 0.15) is 5.56 Å². The smallest absolute Gasteiger partial charge is 0.268 e. The fraction of sp³-hybridized carbons (Fsp3) is 0.143. The van der Waals surface area contributed by atoms with Gasteiger partial charge in [-0.15, -0.1) is 0 Å². The number of hydrogen-bond donors (Lipinski definition) is 1. The van der Waals surface area contributed by atoms with Crippen molar-refractivity contribution in [1.82, 2.24) is 0 Å². The molecule has 8 heteroatoms. The van der Waals surface area contributed by atoms with E-state index < -0.39 is 40.7 Å². The third kappa shape index (κ3) is 1.76. The molecular weight excluding hydrogens is 231 g/mol. The molecule has 0 bridgehead atoms. The van der Waals surface area contributed by atoms with Crippen LogP contribution in [0.2, 0.25) is 0 Å². The monoisotopic (exact) mass is 233 g/mol. The van der Waals surface area contributed by atoms with Gasteiger partial charge in [-0.1, -0.05) is 0 Å². The molecule has 0 spiro atoms. The lowest BCUT2D eigenvalue weighted by Gasteiger charge is -2.13. The topological polar surface area (TPSA) is 26.0 Å². The molecule has 2 N–H and O–H groups in total. The quantitative estimate of drug-likeness (QED) is 0.342. The molecule has 0 saturated carbocycles. The van der Waals surface area contributed by atoms with Gasteiger partial charge >= 0.3 is 6.05 Å². The van der Waals surface area contributed by atoms with Crippen molar-refractivity contribution < 1.29 is 30.7 Å². The minimum absolute atomic E-state index is 2.35. The normalized spacial score (nSPS) is 12.0. The van der Waals surface area contributed by atoms with E-state index in [0.29, 0.717) is 0 Å². The van der Waals surface area contributed by atoms with Crippen molar-refractivity contribution in [3.05, 3.63) is 34.6 Å². The Bertz CT molecular complexity index is 380. The molecule has 0 aliphatic heterocycles. The molecule has 0 saturated heterocycles. The largest absolute Gasteiger partial charge is 0.332 e. The van der Waals surface area contributed by atoms with Gasteiger partial charge in [-0.2, -0.15) is 8.78 Å². The maximum absolute atomic E-state index is 12.6. The predicted octanol–water partition coefficient (Wildman–Crippen LogP) is 2.39. The summed E-state index contributed by atoms with van der Waals surface area (Å²) in [5.41, 5.74) is 1.63. The van der Waals surface area contributed by atoms with Gasteiger partial charge in [-0.05, 0) is 0 Å². The molecule has 15 heavy (non-hydrogen) atoms. The maximum Gasteiger partial charge on any atom is 0.332 e. The molecule has 1 nitrogen and oxygen atoms in total. The summed E-state index contributed by atoms with van der Waals surface area (Å²) in [6, 6.07) is -4.65. The lowest BCUT2D eigenvalue weighted by Crippen LogP contribution is -2.29. The number of benzene rings is 1. The zero-order chi connectivity index (χ0) is 12.0. The van der Waals surface area contributed by atoms with Crippen molar-refractivity contribution in [2.45, 2.75) is 6.05 Å². The Morgan fingerprint density at radius 2 is 0.933 bits per heavy atom. The molecular formula is C7H2F7N. The molecule has 1 rings (SSSR count). The second-order valence-corrected chi connectivity index (χ2v) is 2.57. The highest BCUT2D eigenvalue weighted by Crippen LogP contribution is 2.31. The van der Waals surface area contributed by atoms with Crippen LogP contribution in [0.3, 0.4) is 0 Å². The molecule has 0 fully saturated rings. The molecule has 0 aliphatic carbocycles. The summed E-state index contributed by atoms with van der Waals surface area (Å²) < 4.78 is 87.0. The van der Waals surface area contributed by atoms with E-state index in [1.165, 1.54) is 0 Å². The van der Waals surface area contributed by atoms with Gasteiger partial charge in [0.15, 0.2) is 23.3 Å². The van der Waals surface area contributed by atoms with Crippen molar-refractivity contribution in [3.8, 4) is 0 Å². The minimum Gasteiger partial charge on any atom is -0.268 e. The standard InChI is InChI=1S/C7H2F7N/c8-2-1(7(13,14)15)3(9)5(11)6(12)4(2)10/h15H2. The van der Waals surface area contributed by atoms with Crippen LogP contribution in [0, 0.1) is 29.1 Å². The van der Waals surface area contributed by atoms with Gasteiger partial charge in [-0.3, -0.25) is 5.73 Å². The first kappa shape index (κ1) is 11.8. The summed E-state index contributed by atoms with van der Waals surface area (Å²) in [6.07, 6.45) is 0. The Labute approximate surface area is 78.3 Å². The molecule has 1 aromatic rings. The third-order valence-corrected chi connectivity index (χ3v) is 1.54. The SMILES string of the molecule is NC(F)(F)c1c(F)c(F)c(F)c(F)c1F. The van der Waals surface area contributed by atoms with E-state index in [-0.39, 0.29) is 0 Å². The second kappa shape index (κ2) is 3.37. The number of halogens is 7. The van der Waals surface area contributed by atoms with E-state index in [2.05, 4.69) is 5.73 Å². The Hall–Kier alpha value is -1.31. The summed E-state index contributed by atoms with van der Waals surface area (Å²) >= 11 is 0. The molecule has 0 heterocycles. The Balaban J connectivity index is 3.68. The van der Waals surface area contributed by atoms with E-state index in [9.17, 15) is 30.7 Å². The number of alkyl halides is 2. The highest BCUT2D eigenvalue weighted by atomic mass is 19.3. The first-order valence-electron chi connectivity index (χ1n) is 3.36. The Morgan fingerprint density at radius 3 is 1.20 bits per heavy atom. The Morgan fingerprint density at radius 1 is 0.667 bits per heavy atom. The highest BCUT2D eigenvalue weighted by molar-refractivity contribution is 5.27. The first-order chi connectivity index (χ1) is 6.68. The maximum atomic E-state index is 12.6. The summed E-state index contributed by atoms with van der Waals surface area (Å²) in [7, 11) is 0. The molecule has 0 radical (unpaired) electrons. The highest BCUT2D eigenvalue weighted by Gasteiger charge is 2.39. The van der Waals surface area contributed by atoms with Gasteiger partial charge in [-0.25, -0.2) is 22.0 Å². The molecule has 0 aromatic heterocycles. The van der Waals surface area contributed by atoms with Gasteiger partial charge in [0.05, 0.1) is 0 Å². The van der Waals surface area contributed by atoms with Crippen LogP contribution in [0.4, 0.5) is 30.7 Å². The summed E-state index contributed by atoms with van der Waals surface area (Å²) in [4.78, 5) is 0. The minimum atomic E-state index is -4.65. The van der Waals surface area contributed by atoms with E-state index >= 15 is 0 Å². The van der Waals surface area contributed by atoms with Gasteiger partial charge < -0.3 is 0 Å². The lowest BCUT2D eigenvalue weighted by molar-refractivity contribution is -0.00620. The summed E-state index contributed by atoms with van der Waals surface area (Å²) in [5, 5.41) is 0. The fourth-order valence-electron chi connectivity index (χ4n) is 0.898. The predicted molar refractivity (Wildman–Crippen MR) is 34.3 cm³/mol. The zero-order valence-corrected chi connectivity index (χ0v) is 6.72. The molecule has 0 atom stereocenters. The van der Waals surface area contributed by atoms with E-state index in [1.54, 1.807) is 0 Å². The van der Waals surface area contributed by atoms with E-state index in [0.717, 1.165) is 0 Å². The van der Waals surface area contributed by atoms with Gasteiger partial charge in [0.1, 0.15) is 5.56 Å². The van der Waals surface area contributed by atoms with Crippen molar-refractivity contribution in [1.29, 1.82) is 0 Å². The lowest BCUT2D eigenvalue weighted by atomic mass is 10.1. The van der Waals surface area contributed by atoms with Crippen molar-refractivity contribution in [2.24, 2.45) is 5.73 Å². The average molecular weight is 233 g/mol. The molecule has 0 unspecified atom stereocenters. The van der Waals surface area contributed by atoms with Crippen molar-refractivity contribution in [2.75, 3.05) is 0 Å². The van der Waals surface area contributed by atoms with Crippen LogP contribution < -0.4 is 5.73 Å². The number of nitrogens with two attached hydrogens (primary N) is 1. The van der Waals surface area contributed by atoms with Crippen LogP contribution in [0.5, 0.6) is 0 Å². The summed E-state index contributed by atoms with van der Waals surface area (Å²) in [6.45, 7) is 0. The summed E-state index contributed by atoms with van der Waals surface area (Å²) in [5.74, 6) is -12.7. The molecule has 0 amide bonds. The van der Waals surface area contributed by atoms with Crippen molar-refractivity contribution >= 4 is 0 Å². The van der Waals surface area contributed by atoms with E-state index in [4.69, 9.17) is 0 Å². The molecule has 84 valence electrons. The van der Waals surface area contributed by atoms with Crippen LogP contribution in [0.15, 0.2) is 0 Å². The molecule has 1 aromatic carbocycles. The number of hydrogen-bond acceptors (Lipinski definition) is 1. The van der Waals surface area contributed by atoms with Crippen LogP contribution in [-0.2, 0) is 6.05 Å². The van der Waals surface area contributed by atoms with Crippen molar-refractivity contribution in [3.63, 3.8) is 0 Å².